The molecule has 0 N–H and O–H groups in total. The summed E-state index contributed by atoms with van der Waals surface area (Å²) in [4.78, 5) is 32.0. The lowest BCUT2D eigenvalue weighted by Crippen LogP contribution is -2.20. The summed E-state index contributed by atoms with van der Waals surface area (Å²) in [5.74, 6) is -0.253. The lowest BCUT2D eigenvalue weighted by molar-refractivity contribution is 0.0979. The standard InChI is InChI=1S/C39H21N3O2S/c43-37-25-14-4-5-15-26(25)38(44)30-21-36-31(18-29(30)37)40-39(45-36)42-33-17-9-7-13-24(33)28-19-34-27(20-35(28)42)23-12-6-8-16-32(23)41(34)22-10-2-1-3-11-22/h1-21H. The van der Waals surface area contributed by atoms with Gasteiger partial charge in [-0.05, 0) is 48.5 Å². The summed E-state index contributed by atoms with van der Waals surface area (Å²) in [6, 6.07) is 42.7. The van der Waals surface area contributed by atoms with Gasteiger partial charge in [0.05, 0.1) is 32.3 Å². The number of ketones is 2. The van der Waals surface area contributed by atoms with Gasteiger partial charge in [-0.2, -0.15) is 0 Å². The number of para-hydroxylation sites is 3. The van der Waals surface area contributed by atoms with Crippen molar-refractivity contribution in [2.45, 2.75) is 0 Å². The summed E-state index contributed by atoms with van der Waals surface area (Å²) in [6.45, 7) is 0. The SMILES string of the molecule is O=C1c2ccccc2C(=O)c2cc3sc(-n4c5ccccc5c5cc6c(cc54)c4ccccc4n6-c4ccccc4)nc3cc21. The molecule has 3 aromatic heterocycles. The van der Waals surface area contributed by atoms with Gasteiger partial charge in [0.1, 0.15) is 0 Å². The maximum Gasteiger partial charge on any atom is 0.195 e. The van der Waals surface area contributed by atoms with Gasteiger partial charge >= 0.3 is 0 Å². The van der Waals surface area contributed by atoms with Crippen molar-refractivity contribution >= 4 is 76.7 Å². The Morgan fingerprint density at radius 1 is 0.467 bits per heavy atom. The van der Waals surface area contributed by atoms with Crippen LogP contribution in [-0.4, -0.2) is 25.7 Å². The van der Waals surface area contributed by atoms with Gasteiger partial charge in [-0.3, -0.25) is 14.2 Å². The second-order valence-electron chi connectivity index (χ2n) is 11.5. The Morgan fingerprint density at radius 3 is 1.67 bits per heavy atom. The van der Waals surface area contributed by atoms with Crippen molar-refractivity contribution in [3.63, 3.8) is 0 Å². The van der Waals surface area contributed by atoms with E-state index < -0.39 is 0 Å². The molecule has 0 unspecified atom stereocenters. The van der Waals surface area contributed by atoms with E-state index in [1.165, 1.54) is 16.7 Å². The predicted molar refractivity (Wildman–Crippen MR) is 182 cm³/mol. The van der Waals surface area contributed by atoms with Gasteiger partial charge in [0.2, 0.25) is 0 Å². The highest BCUT2D eigenvalue weighted by molar-refractivity contribution is 7.20. The zero-order valence-electron chi connectivity index (χ0n) is 23.7. The fraction of sp³-hybridized carbons (Fsp3) is 0. The van der Waals surface area contributed by atoms with Gasteiger partial charge in [0.25, 0.3) is 0 Å². The first-order valence-electron chi connectivity index (χ1n) is 14.8. The van der Waals surface area contributed by atoms with Crippen LogP contribution in [-0.2, 0) is 0 Å². The molecule has 0 saturated carbocycles. The molecule has 6 aromatic carbocycles. The molecule has 9 aromatic rings. The molecule has 1 aliphatic rings. The largest absolute Gasteiger partial charge is 0.309 e. The van der Waals surface area contributed by atoms with Crippen molar-refractivity contribution in [1.82, 2.24) is 14.1 Å². The first kappa shape index (κ1) is 24.6. The molecule has 6 heteroatoms. The van der Waals surface area contributed by atoms with E-state index in [0.29, 0.717) is 27.8 Å². The molecule has 0 saturated heterocycles. The highest BCUT2D eigenvalue weighted by Gasteiger charge is 2.30. The van der Waals surface area contributed by atoms with Gasteiger partial charge in [0, 0.05) is 49.5 Å². The summed E-state index contributed by atoms with van der Waals surface area (Å²) >= 11 is 1.54. The lowest BCUT2D eigenvalue weighted by atomic mass is 9.84. The summed E-state index contributed by atoms with van der Waals surface area (Å²) < 4.78 is 5.43. The third-order valence-corrected chi connectivity index (χ3v) is 10.1. The van der Waals surface area contributed by atoms with Crippen LogP contribution in [0.5, 0.6) is 0 Å². The molecule has 0 amide bonds. The minimum atomic E-state index is -0.134. The van der Waals surface area contributed by atoms with Crippen LogP contribution < -0.4 is 0 Å². The Morgan fingerprint density at radius 2 is 1.00 bits per heavy atom. The second kappa shape index (κ2) is 8.85. The minimum Gasteiger partial charge on any atom is -0.309 e. The maximum atomic E-state index is 13.4. The van der Waals surface area contributed by atoms with Crippen molar-refractivity contribution in [1.29, 1.82) is 0 Å². The van der Waals surface area contributed by atoms with Crippen molar-refractivity contribution in [3.05, 3.63) is 150 Å². The molecule has 1 aliphatic carbocycles. The van der Waals surface area contributed by atoms with Crippen molar-refractivity contribution in [2.75, 3.05) is 0 Å². The van der Waals surface area contributed by atoms with E-state index in [0.717, 1.165) is 53.7 Å². The average Bonchev–Trinajstić information content (AvgIpc) is 3.75. The van der Waals surface area contributed by atoms with Gasteiger partial charge in [-0.25, -0.2) is 4.98 Å². The number of carbonyl (C=O) groups excluding carboxylic acids is 2. The Hall–Kier alpha value is -5.85. The van der Waals surface area contributed by atoms with E-state index in [1.807, 2.05) is 12.1 Å². The minimum absolute atomic E-state index is 0.119. The summed E-state index contributed by atoms with van der Waals surface area (Å²) in [5.41, 5.74) is 8.01. The number of hydrogen-bond donors (Lipinski definition) is 0. The molecule has 0 aliphatic heterocycles. The number of benzene rings is 6. The van der Waals surface area contributed by atoms with E-state index in [1.54, 1.807) is 30.3 Å². The Bertz CT molecular complexity index is 2680. The number of aromatic nitrogens is 3. The fourth-order valence-corrected chi connectivity index (χ4v) is 8.11. The smallest absolute Gasteiger partial charge is 0.195 e. The molecular weight excluding hydrogens is 575 g/mol. The molecule has 3 heterocycles. The number of nitrogens with zero attached hydrogens (tertiary/aromatic N) is 3. The highest BCUT2D eigenvalue weighted by Crippen LogP contribution is 2.41. The van der Waals surface area contributed by atoms with Gasteiger partial charge in [-0.1, -0.05) is 90.2 Å². The van der Waals surface area contributed by atoms with E-state index in [-0.39, 0.29) is 11.6 Å². The molecule has 10 rings (SSSR count). The van der Waals surface area contributed by atoms with Crippen LogP contribution in [0.4, 0.5) is 0 Å². The zero-order chi connectivity index (χ0) is 29.8. The van der Waals surface area contributed by atoms with Gasteiger partial charge < -0.3 is 4.57 Å². The Labute approximate surface area is 260 Å². The van der Waals surface area contributed by atoms with Crippen LogP contribution in [0.1, 0.15) is 31.8 Å². The van der Waals surface area contributed by atoms with Crippen LogP contribution >= 0.6 is 11.3 Å². The second-order valence-corrected chi connectivity index (χ2v) is 12.5. The molecular formula is C39H21N3O2S. The van der Waals surface area contributed by atoms with Crippen LogP contribution in [0.15, 0.2) is 127 Å². The van der Waals surface area contributed by atoms with Crippen LogP contribution in [0.2, 0.25) is 0 Å². The van der Waals surface area contributed by atoms with E-state index in [9.17, 15) is 9.59 Å². The number of fused-ring (bicyclic) bond motifs is 9. The van der Waals surface area contributed by atoms with Crippen molar-refractivity contribution in [3.8, 4) is 10.8 Å². The molecule has 5 nitrogen and oxygen atoms in total. The summed E-state index contributed by atoms with van der Waals surface area (Å²) in [5, 5.41) is 5.42. The fourth-order valence-electron chi connectivity index (χ4n) is 7.09. The third-order valence-electron chi connectivity index (χ3n) is 9.09. The monoisotopic (exact) mass is 595 g/mol. The first-order valence-corrected chi connectivity index (χ1v) is 15.6. The molecule has 0 spiro atoms. The zero-order valence-corrected chi connectivity index (χ0v) is 24.5. The van der Waals surface area contributed by atoms with E-state index in [4.69, 9.17) is 4.98 Å². The molecule has 0 atom stereocenters. The predicted octanol–water partition coefficient (Wildman–Crippen LogP) is 9.27. The van der Waals surface area contributed by atoms with E-state index >= 15 is 0 Å². The molecule has 0 radical (unpaired) electrons. The average molecular weight is 596 g/mol. The van der Waals surface area contributed by atoms with Gasteiger partial charge in [-0.15, -0.1) is 0 Å². The van der Waals surface area contributed by atoms with Crippen molar-refractivity contribution < 1.29 is 9.59 Å². The molecule has 0 bridgehead atoms. The van der Waals surface area contributed by atoms with Crippen LogP contribution in [0, 0.1) is 0 Å². The molecule has 0 fully saturated rings. The normalized spacial score (nSPS) is 13.0. The number of thiazole rings is 1. The van der Waals surface area contributed by atoms with Crippen LogP contribution in [0.3, 0.4) is 0 Å². The van der Waals surface area contributed by atoms with Gasteiger partial charge in [0.15, 0.2) is 16.7 Å². The Kier molecular flexibility index (Phi) is 4.83. The molecule has 210 valence electrons. The Balaban J connectivity index is 1.26. The van der Waals surface area contributed by atoms with E-state index in [2.05, 4.69) is 94.1 Å². The van der Waals surface area contributed by atoms with Crippen molar-refractivity contribution in [2.24, 2.45) is 0 Å². The topological polar surface area (TPSA) is 56.9 Å². The third kappa shape index (κ3) is 3.29. The quantitative estimate of drug-likeness (QED) is 0.200. The maximum absolute atomic E-state index is 13.4. The number of rotatable bonds is 2. The summed E-state index contributed by atoms with van der Waals surface area (Å²) in [7, 11) is 0. The number of carbonyl (C=O) groups is 2. The lowest BCUT2D eigenvalue weighted by Gasteiger charge is -2.16. The summed E-state index contributed by atoms with van der Waals surface area (Å²) in [6.07, 6.45) is 0. The van der Waals surface area contributed by atoms with Crippen LogP contribution in [0.25, 0.3) is 64.6 Å². The first-order chi connectivity index (χ1) is 22.2. The highest BCUT2D eigenvalue weighted by atomic mass is 32.1. The molecule has 45 heavy (non-hydrogen) atoms. The number of hydrogen-bond acceptors (Lipinski definition) is 4.